The maximum Gasteiger partial charge on any atom is 0.149 e. The van der Waals surface area contributed by atoms with Crippen molar-refractivity contribution in [2.75, 3.05) is 38.2 Å². The molecule has 3 unspecified atom stereocenters. The molecule has 57 heavy (non-hydrogen) atoms. The molecule has 3 atom stereocenters. The predicted octanol–water partition coefficient (Wildman–Crippen LogP) is 11.6. The van der Waals surface area contributed by atoms with Gasteiger partial charge in [-0.2, -0.15) is 5.26 Å². The number of alkyl halides is 1. The molecule has 0 spiro atoms. The van der Waals surface area contributed by atoms with Gasteiger partial charge in [0.15, 0.2) is 0 Å². The molecular weight excluding hydrogens is 711 g/mol. The number of hydrogen-bond acceptors (Lipinski definition) is 6. The Balaban J connectivity index is 0.000000885. The van der Waals surface area contributed by atoms with Gasteiger partial charge in [-0.25, -0.2) is 4.39 Å². The Bertz CT molecular complexity index is 1950. The van der Waals surface area contributed by atoms with Gasteiger partial charge in [0.2, 0.25) is 0 Å². The number of likely N-dealkylation sites (tertiary alicyclic amines) is 1. The van der Waals surface area contributed by atoms with Crippen molar-refractivity contribution in [2.24, 2.45) is 0 Å². The number of nitrogens with one attached hydrogen (secondary N) is 3. The van der Waals surface area contributed by atoms with Crippen LogP contribution in [0.3, 0.4) is 0 Å². The quantitative estimate of drug-likeness (QED) is 0.119. The molecule has 2 aliphatic carbocycles. The molecule has 6 rings (SSSR count). The van der Waals surface area contributed by atoms with Crippen LogP contribution in [0.1, 0.15) is 92.7 Å². The summed E-state index contributed by atoms with van der Waals surface area (Å²) < 4.78 is 25.1. The first-order valence-corrected chi connectivity index (χ1v) is 20.2. The number of anilines is 1. The Morgan fingerprint density at radius 1 is 1.07 bits per heavy atom. The Kier molecular flexibility index (Phi) is 18.7. The van der Waals surface area contributed by atoms with Crippen LogP contribution in [0.5, 0.6) is 0 Å². The molecule has 0 bridgehead atoms. The molecule has 3 aromatic rings. The standard InChI is InChI=1S/C42H50FN5.C3H6.C2H5F.C2H3N/c1-7-48(30(5)39-20-13-23-47(39)26-37-35-17-10-8-15-33(35)34-16-9-11-18-36(34)37)40(42(44)32-22-21-27(2)29(4)24-32)25-45-31(6)46-38-19-12-14-28(3)41(38)43;1-3-2;2*1-2-3/h8,10-12,14-15,17-19,21-22,24,37,39-40,44-46H,5-7,9,13,16,20,23,25-26H2,1-4H3;3H,1H2,2H3;2H2,1H3;1H3. The van der Waals surface area contributed by atoms with Crippen molar-refractivity contribution in [1.82, 2.24) is 15.1 Å². The molecule has 0 radical (unpaired) electrons. The van der Waals surface area contributed by atoms with Crippen LogP contribution in [0, 0.1) is 43.3 Å². The molecule has 1 saturated heterocycles. The van der Waals surface area contributed by atoms with Gasteiger partial charge in [-0.1, -0.05) is 79.9 Å². The fourth-order valence-corrected chi connectivity index (χ4v) is 7.85. The first-order chi connectivity index (χ1) is 27.4. The summed E-state index contributed by atoms with van der Waals surface area (Å²) in [6.45, 7) is 28.0. The van der Waals surface area contributed by atoms with Gasteiger partial charge in [-0.3, -0.25) is 9.29 Å². The normalized spacial score (nSPS) is 16.8. The number of likely N-dealkylation sites (N-methyl/N-ethyl adjacent to an activating group) is 1. The third kappa shape index (κ3) is 11.9. The minimum Gasteiger partial charge on any atom is -0.370 e. The monoisotopic (exact) mass is 775 g/mol. The van der Waals surface area contributed by atoms with Gasteiger partial charge >= 0.3 is 0 Å². The summed E-state index contributed by atoms with van der Waals surface area (Å²) in [4.78, 5) is 4.94. The number of aryl methyl sites for hydroxylation is 3. The topological polar surface area (TPSA) is 78.2 Å². The molecule has 304 valence electrons. The van der Waals surface area contributed by atoms with Crippen LogP contribution >= 0.6 is 0 Å². The smallest absolute Gasteiger partial charge is 0.149 e. The van der Waals surface area contributed by atoms with Crippen LogP contribution in [-0.4, -0.2) is 60.4 Å². The van der Waals surface area contributed by atoms with Gasteiger partial charge in [0.1, 0.15) is 5.82 Å². The van der Waals surface area contributed by atoms with Crippen molar-refractivity contribution in [1.29, 1.82) is 10.7 Å². The van der Waals surface area contributed by atoms with Crippen molar-refractivity contribution in [2.45, 2.75) is 92.2 Å². The van der Waals surface area contributed by atoms with Gasteiger partial charge in [0, 0.05) is 44.2 Å². The zero-order valence-corrected chi connectivity index (χ0v) is 35.3. The van der Waals surface area contributed by atoms with Crippen molar-refractivity contribution >= 4 is 17.0 Å². The second-order valence-electron chi connectivity index (χ2n) is 14.5. The highest BCUT2D eigenvalue weighted by atomic mass is 19.1. The van der Waals surface area contributed by atoms with Crippen LogP contribution < -0.4 is 10.6 Å². The maximum absolute atomic E-state index is 14.8. The van der Waals surface area contributed by atoms with Crippen molar-refractivity contribution in [3.8, 4) is 6.07 Å². The average Bonchev–Trinajstić information content (AvgIpc) is 3.79. The molecule has 6 nitrogen and oxygen atoms in total. The highest BCUT2D eigenvalue weighted by Gasteiger charge is 2.37. The average molecular weight is 775 g/mol. The molecule has 0 amide bonds. The molecule has 3 aliphatic rings. The molecule has 1 fully saturated rings. The van der Waals surface area contributed by atoms with E-state index in [4.69, 9.17) is 11.8 Å². The summed E-state index contributed by atoms with van der Waals surface area (Å²) in [7, 11) is 0. The number of rotatable bonds is 13. The summed E-state index contributed by atoms with van der Waals surface area (Å²) in [6, 6.07) is 22.1. The van der Waals surface area contributed by atoms with Crippen LogP contribution in [0.2, 0.25) is 0 Å². The Hall–Kier alpha value is -5.26. The minimum absolute atomic E-state index is 0.187. The molecule has 3 N–H and O–H groups in total. The van der Waals surface area contributed by atoms with Gasteiger partial charge in [0.25, 0.3) is 0 Å². The molecule has 1 heterocycles. The van der Waals surface area contributed by atoms with E-state index >= 15 is 0 Å². The third-order valence-electron chi connectivity index (χ3n) is 10.6. The predicted molar refractivity (Wildman–Crippen MR) is 238 cm³/mol. The molecule has 1 aliphatic heterocycles. The van der Waals surface area contributed by atoms with E-state index < -0.39 is 0 Å². The highest BCUT2D eigenvalue weighted by molar-refractivity contribution is 6.02. The van der Waals surface area contributed by atoms with Crippen LogP contribution in [0.4, 0.5) is 14.5 Å². The Labute approximate surface area is 341 Å². The lowest BCUT2D eigenvalue weighted by Gasteiger charge is -2.40. The largest absolute Gasteiger partial charge is 0.370 e. The zero-order valence-electron chi connectivity index (χ0n) is 35.3. The van der Waals surface area contributed by atoms with E-state index in [0.717, 1.165) is 55.6 Å². The van der Waals surface area contributed by atoms with Gasteiger partial charge in [-0.05, 0) is 130 Å². The van der Waals surface area contributed by atoms with Crippen LogP contribution in [0.15, 0.2) is 116 Å². The lowest BCUT2D eigenvalue weighted by atomic mass is 9.92. The van der Waals surface area contributed by atoms with Crippen molar-refractivity contribution in [3.63, 3.8) is 0 Å². The zero-order chi connectivity index (χ0) is 42.1. The van der Waals surface area contributed by atoms with E-state index in [1.165, 1.54) is 41.7 Å². The Morgan fingerprint density at radius 2 is 1.75 bits per heavy atom. The highest BCUT2D eigenvalue weighted by Crippen LogP contribution is 2.47. The van der Waals surface area contributed by atoms with Gasteiger partial charge < -0.3 is 20.9 Å². The van der Waals surface area contributed by atoms with E-state index in [1.54, 1.807) is 31.2 Å². The van der Waals surface area contributed by atoms with Crippen LogP contribution in [-0.2, 0) is 0 Å². The lowest BCUT2D eigenvalue weighted by molar-refractivity contribution is 0.211. The number of benzene rings is 3. The SMILES string of the molecule is C=C(NCC(C(=N)c1ccc(C)c(C)c1)N(CC)C(=C)C1CCCN1CC1C2=C(CCC=C2)c2ccccc21)Nc1cccc(C)c1F.C=CC.CC#N.CCF. The van der Waals surface area contributed by atoms with E-state index in [0.29, 0.717) is 41.8 Å². The Morgan fingerprint density at radius 3 is 2.42 bits per heavy atom. The van der Waals surface area contributed by atoms with Crippen LogP contribution in [0.25, 0.3) is 5.57 Å². The van der Waals surface area contributed by atoms with Gasteiger partial charge in [0.05, 0.1) is 36.0 Å². The maximum atomic E-state index is 14.8. The second kappa shape index (κ2) is 23.1. The number of nitriles is 1. The number of allylic oxidation sites excluding steroid dienone is 4. The lowest BCUT2D eigenvalue weighted by Crippen LogP contribution is -2.50. The third-order valence-corrected chi connectivity index (χ3v) is 10.6. The fraction of sp³-hybridized carbons (Fsp3) is 0.388. The van der Waals surface area contributed by atoms with Gasteiger partial charge in [-0.15, -0.1) is 6.58 Å². The number of fused-ring (bicyclic) bond motifs is 2. The number of nitrogens with zero attached hydrogens (tertiary/aromatic N) is 3. The summed E-state index contributed by atoms with van der Waals surface area (Å²) >= 11 is 0. The second-order valence-corrected chi connectivity index (χ2v) is 14.5. The molecule has 0 aromatic heterocycles. The van der Waals surface area contributed by atoms with E-state index in [1.807, 2.05) is 19.1 Å². The summed E-state index contributed by atoms with van der Waals surface area (Å²) in [5, 5.41) is 23.4. The first-order valence-electron chi connectivity index (χ1n) is 20.2. The van der Waals surface area contributed by atoms with Crippen molar-refractivity contribution in [3.05, 3.63) is 155 Å². The molecule has 0 saturated carbocycles. The fourth-order valence-electron chi connectivity index (χ4n) is 7.85. The molecular formula is C49H64F2N6. The number of hydrogen-bond donors (Lipinski definition) is 3. The number of halogens is 2. The summed E-state index contributed by atoms with van der Waals surface area (Å²) in [5.74, 6) is 0.561. The molecule has 3 aromatic carbocycles. The van der Waals surface area contributed by atoms with Crippen molar-refractivity contribution < 1.29 is 8.78 Å². The van der Waals surface area contributed by atoms with E-state index in [-0.39, 0.29) is 24.6 Å². The minimum atomic E-state index is -0.309. The molecule has 8 heteroatoms. The summed E-state index contributed by atoms with van der Waals surface area (Å²) in [5.41, 5.74) is 11.7. The van der Waals surface area contributed by atoms with E-state index in [9.17, 15) is 14.2 Å². The van der Waals surface area contributed by atoms with E-state index in [2.05, 4.69) is 103 Å². The first kappa shape index (κ1) is 46.1. The summed E-state index contributed by atoms with van der Waals surface area (Å²) in [6.07, 6.45) is 10.9.